The molecule has 3 amide bonds. The van der Waals surface area contributed by atoms with Crippen molar-refractivity contribution in [3.63, 3.8) is 0 Å². The van der Waals surface area contributed by atoms with Crippen LogP contribution in [0.25, 0.3) is 0 Å². The van der Waals surface area contributed by atoms with Crippen LogP contribution in [0.3, 0.4) is 0 Å². The van der Waals surface area contributed by atoms with Gasteiger partial charge in [0.2, 0.25) is 11.8 Å². The first-order valence-corrected chi connectivity index (χ1v) is 9.51. The fourth-order valence-electron chi connectivity index (χ4n) is 3.38. The van der Waals surface area contributed by atoms with E-state index in [-0.39, 0.29) is 30.2 Å². The molecule has 1 atom stereocenters. The highest BCUT2D eigenvalue weighted by Crippen LogP contribution is 2.27. The van der Waals surface area contributed by atoms with Crippen LogP contribution < -0.4 is 15.5 Å². The summed E-state index contributed by atoms with van der Waals surface area (Å²) < 4.78 is 0. The van der Waals surface area contributed by atoms with Crippen LogP contribution in [0.4, 0.5) is 11.4 Å². The number of anilines is 2. The van der Waals surface area contributed by atoms with Crippen LogP contribution in [0.15, 0.2) is 48.5 Å². The van der Waals surface area contributed by atoms with Gasteiger partial charge >= 0.3 is 0 Å². The summed E-state index contributed by atoms with van der Waals surface area (Å²) in [6.45, 7) is 4.47. The van der Waals surface area contributed by atoms with Gasteiger partial charge in [-0.05, 0) is 56.2 Å². The number of amides is 3. The van der Waals surface area contributed by atoms with E-state index in [2.05, 4.69) is 10.6 Å². The van der Waals surface area contributed by atoms with Gasteiger partial charge in [-0.1, -0.05) is 18.2 Å². The Morgan fingerprint density at radius 2 is 1.89 bits per heavy atom. The van der Waals surface area contributed by atoms with E-state index in [1.807, 2.05) is 25.1 Å². The average Bonchev–Trinajstić information content (AvgIpc) is 3.08. The van der Waals surface area contributed by atoms with Gasteiger partial charge < -0.3 is 15.5 Å². The summed E-state index contributed by atoms with van der Waals surface area (Å²) in [6, 6.07) is 14.2. The Hall–Kier alpha value is -3.15. The fourth-order valence-corrected chi connectivity index (χ4v) is 3.38. The van der Waals surface area contributed by atoms with E-state index in [0.717, 1.165) is 24.2 Å². The standard InChI is InChI=1S/C22H25N3O3/c1-15-13-18(10-11-19(15)25-12-6-9-21(25)27)24-20(26)14-16(2)23-22(28)17-7-4-3-5-8-17/h3-5,7-8,10-11,13,16H,6,9,12,14H2,1-2H3,(H,23,28)(H,24,26). The van der Waals surface area contributed by atoms with Gasteiger partial charge in [-0.15, -0.1) is 0 Å². The van der Waals surface area contributed by atoms with Crippen molar-refractivity contribution in [2.45, 2.75) is 39.2 Å². The van der Waals surface area contributed by atoms with Crippen LogP contribution in [-0.4, -0.2) is 30.3 Å². The molecule has 0 bridgehead atoms. The third-order valence-electron chi connectivity index (χ3n) is 4.75. The van der Waals surface area contributed by atoms with Crippen molar-refractivity contribution in [1.82, 2.24) is 5.32 Å². The molecule has 2 aromatic carbocycles. The van der Waals surface area contributed by atoms with Crippen molar-refractivity contribution in [2.24, 2.45) is 0 Å². The van der Waals surface area contributed by atoms with E-state index in [1.54, 1.807) is 42.2 Å². The molecule has 0 spiro atoms. The molecule has 6 heteroatoms. The van der Waals surface area contributed by atoms with E-state index in [4.69, 9.17) is 0 Å². The number of aryl methyl sites for hydroxylation is 1. The summed E-state index contributed by atoms with van der Waals surface area (Å²) in [4.78, 5) is 38.2. The zero-order chi connectivity index (χ0) is 20.1. The minimum atomic E-state index is -0.296. The second kappa shape index (κ2) is 8.69. The van der Waals surface area contributed by atoms with Crippen molar-refractivity contribution < 1.29 is 14.4 Å². The zero-order valence-electron chi connectivity index (χ0n) is 16.2. The van der Waals surface area contributed by atoms with Crippen molar-refractivity contribution in [3.8, 4) is 0 Å². The van der Waals surface area contributed by atoms with Gasteiger partial charge in [-0.2, -0.15) is 0 Å². The molecule has 2 aromatic rings. The van der Waals surface area contributed by atoms with Crippen LogP contribution in [0.2, 0.25) is 0 Å². The van der Waals surface area contributed by atoms with Gasteiger partial charge in [0, 0.05) is 42.4 Å². The highest BCUT2D eigenvalue weighted by atomic mass is 16.2. The fraction of sp³-hybridized carbons (Fsp3) is 0.318. The van der Waals surface area contributed by atoms with Crippen molar-refractivity contribution in [1.29, 1.82) is 0 Å². The Morgan fingerprint density at radius 3 is 2.54 bits per heavy atom. The van der Waals surface area contributed by atoms with Crippen LogP contribution in [-0.2, 0) is 9.59 Å². The molecule has 0 saturated carbocycles. The number of nitrogens with one attached hydrogen (secondary N) is 2. The lowest BCUT2D eigenvalue weighted by atomic mass is 10.1. The van der Waals surface area contributed by atoms with Crippen molar-refractivity contribution >= 4 is 29.1 Å². The molecule has 1 fully saturated rings. The summed E-state index contributed by atoms with van der Waals surface area (Å²) >= 11 is 0. The largest absolute Gasteiger partial charge is 0.349 e. The maximum absolute atomic E-state index is 12.3. The van der Waals surface area contributed by atoms with E-state index >= 15 is 0 Å². The first kappa shape index (κ1) is 19.6. The van der Waals surface area contributed by atoms with Crippen LogP contribution >= 0.6 is 0 Å². The van der Waals surface area contributed by atoms with Gasteiger partial charge in [0.25, 0.3) is 5.91 Å². The van der Waals surface area contributed by atoms with Crippen LogP contribution in [0.5, 0.6) is 0 Å². The molecule has 0 radical (unpaired) electrons. The van der Waals surface area contributed by atoms with Gasteiger partial charge in [0.05, 0.1) is 0 Å². The SMILES string of the molecule is Cc1cc(NC(=O)CC(C)NC(=O)c2ccccc2)ccc1N1CCCC1=O. The second-order valence-electron chi connectivity index (χ2n) is 7.14. The first-order valence-electron chi connectivity index (χ1n) is 9.51. The predicted molar refractivity (Wildman–Crippen MR) is 109 cm³/mol. The normalized spacial score (nSPS) is 14.6. The summed E-state index contributed by atoms with van der Waals surface area (Å²) in [5.41, 5.74) is 3.08. The maximum atomic E-state index is 12.3. The Kier molecular flexibility index (Phi) is 6.09. The number of nitrogens with zero attached hydrogens (tertiary/aromatic N) is 1. The number of hydrogen-bond donors (Lipinski definition) is 2. The average molecular weight is 379 g/mol. The van der Waals surface area contributed by atoms with Gasteiger partial charge in [-0.25, -0.2) is 0 Å². The third kappa shape index (κ3) is 4.76. The second-order valence-corrected chi connectivity index (χ2v) is 7.14. The third-order valence-corrected chi connectivity index (χ3v) is 4.75. The molecule has 28 heavy (non-hydrogen) atoms. The summed E-state index contributed by atoms with van der Waals surface area (Å²) in [5.74, 6) is -0.232. The number of rotatable bonds is 6. The topological polar surface area (TPSA) is 78.5 Å². The molecule has 2 N–H and O–H groups in total. The molecular weight excluding hydrogens is 354 g/mol. The van der Waals surface area contributed by atoms with E-state index < -0.39 is 0 Å². The summed E-state index contributed by atoms with van der Waals surface area (Å²) in [7, 11) is 0. The molecular formula is C22H25N3O3. The Bertz CT molecular complexity index is 880. The lowest BCUT2D eigenvalue weighted by Crippen LogP contribution is -2.35. The van der Waals surface area contributed by atoms with Crippen LogP contribution in [0, 0.1) is 6.92 Å². The number of hydrogen-bond acceptors (Lipinski definition) is 3. The summed E-state index contributed by atoms with van der Waals surface area (Å²) in [5, 5.41) is 5.69. The van der Waals surface area contributed by atoms with E-state index in [1.165, 1.54) is 0 Å². The van der Waals surface area contributed by atoms with E-state index in [0.29, 0.717) is 17.7 Å². The van der Waals surface area contributed by atoms with Gasteiger partial charge in [0.1, 0.15) is 0 Å². The molecule has 1 saturated heterocycles. The molecule has 1 unspecified atom stereocenters. The Morgan fingerprint density at radius 1 is 1.14 bits per heavy atom. The van der Waals surface area contributed by atoms with Crippen LogP contribution in [0.1, 0.15) is 42.1 Å². The minimum absolute atomic E-state index is 0.142. The highest BCUT2D eigenvalue weighted by Gasteiger charge is 2.23. The Balaban J connectivity index is 1.55. The van der Waals surface area contributed by atoms with Gasteiger partial charge in [-0.3, -0.25) is 14.4 Å². The molecule has 0 aliphatic carbocycles. The van der Waals surface area contributed by atoms with Crippen molar-refractivity contribution in [2.75, 3.05) is 16.8 Å². The minimum Gasteiger partial charge on any atom is -0.349 e. The monoisotopic (exact) mass is 379 g/mol. The maximum Gasteiger partial charge on any atom is 0.251 e. The molecule has 146 valence electrons. The number of benzene rings is 2. The molecule has 1 heterocycles. The number of carbonyl (C=O) groups is 3. The van der Waals surface area contributed by atoms with Crippen molar-refractivity contribution in [3.05, 3.63) is 59.7 Å². The predicted octanol–water partition coefficient (Wildman–Crippen LogP) is 3.27. The lowest BCUT2D eigenvalue weighted by Gasteiger charge is -2.19. The number of carbonyl (C=O) groups excluding carboxylic acids is 3. The van der Waals surface area contributed by atoms with E-state index in [9.17, 15) is 14.4 Å². The van der Waals surface area contributed by atoms with Gasteiger partial charge in [0.15, 0.2) is 0 Å². The molecule has 1 aliphatic rings. The molecule has 0 aromatic heterocycles. The quantitative estimate of drug-likeness (QED) is 0.809. The summed E-state index contributed by atoms with van der Waals surface area (Å²) in [6.07, 6.45) is 1.64. The molecule has 1 aliphatic heterocycles. The first-order chi connectivity index (χ1) is 13.4. The molecule has 6 nitrogen and oxygen atoms in total. The smallest absolute Gasteiger partial charge is 0.251 e. The Labute approximate surface area is 164 Å². The zero-order valence-corrected chi connectivity index (χ0v) is 16.2. The lowest BCUT2D eigenvalue weighted by molar-refractivity contribution is -0.117. The molecule has 3 rings (SSSR count). The highest BCUT2D eigenvalue weighted by molar-refractivity contribution is 5.97.